The van der Waals surface area contributed by atoms with E-state index in [1.807, 2.05) is 37.8 Å². The van der Waals surface area contributed by atoms with Crippen molar-refractivity contribution < 1.29 is 14.3 Å². The molecular weight excluding hydrogens is 352 g/mol. The van der Waals surface area contributed by atoms with E-state index in [-0.39, 0.29) is 6.03 Å². The molecule has 0 unspecified atom stereocenters. The summed E-state index contributed by atoms with van der Waals surface area (Å²) in [5.41, 5.74) is 2.81. The van der Waals surface area contributed by atoms with Gasteiger partial charge in [-0.25, -0.2) is 9.59 Å². The van der Waals surface area contributed by atoms with E-state index in [4.69, 9.17) is 17.0 Å². The van der Waals surface area contributed by atoms with Gasteiger partial charge in [0.2, 0.25) is 0 Å². The highest BCUT2D eigenvalue weighted by Gasteiger charge is 2.33. The standard InChI is InChI=1S/C18H24N4O3S/c1-5-19-17(24)20-13-9-7-12(8-10-13)15-14(16(23)25-4)11(3)22(6-2)18(26)21-15/h7-10,15H,5-6H2,1-4H3,(H,21,26)(H2,19,20,24)/t15-/m1/s1. The lowest BCUT2D eigenvalue weighted by atomic mass is 9.95. The van der Waals surface area contributed by atoms with Crippen molar-refractivity contribution in [2.45, 2.75) is 26.8 Å². The molecule has 1 aliphatic heterocycles. The summed E-state index contributed by atoms with van der Waals surface area (Å²) in [6.07, 6.45) is 0. The van der Waals surface area contributed by atoms with Crippen LogP contribution < -0.4 is 16.0 Å². The number of allylic oxidation sites excluding steroid dienone is 1. The molecule has 7 nitrogen and oxygen atoms in total. The van der Waals surface area contributed by atoms with Gasteiger partial charge in [-0.2, -0.15) is 0 Å². The maximum absolute atomic E-state index is 12.4. The van der Waals surface area contributed by atoms with Crippen LogP contribution in [0.15, 0.2) is 35.5 Å². The molecule has 1 aliphatic rings. The number of nitrogens with one attached hydrogen (secondary N) is 3. The smallest absolute Gasteiger partial charge is 0.337 e. The monoisotopic (exact) mass is 376 g/mol. The van der Waals surface area contributed by atoms with Crippen molar-refractivity contribution in [2.75, 3.05) is 25.5 Å². The molecule has 1 aromatic carbocycles. The molecule has 1 atom stereocenters. The number of ether oxygens (including phenoxy) is 1. The summed E-state index contributed by atoms with van der Waals surface area (Å²) in [5, 5.41) is 9.19. The normalized spacial score (nSPS) is 16.8. The number of urea groups is 1. The number of nitrogens with zero attached hydrogens (tertiary/aromatic N) is 1. The fraction of sp³-hybridized carbons (Fsp3) is 0.389. The fourth-order valence-electron chi connectivity index (χ4n) is 2.88. The molecule has 2 amide bonds. The number of carbonyl (C=O) groups excluding carboxylic acids is 2. The number of carbonyl (C=O) groups is 2. The Kier molecular flexibility index (Phi) is 6.57. The zero-order chi connectivity index (χ0) is 19.3. The third kappa shape index (κ3) is 4.13. The van der Waals surface area contributed by atoms with Crippen LogP contribution in [0, 0.1) is 0 Å². The summed E-state index contributed by atoms with van der Waals surface area (Å²) in [6, 6.07) is 6.59. The topological polar surface area (TPSA) is 82.7 Å². The van der Waals surface area contributed by atoms with Gasteiger partial charge in [0.1, 0.15) is 0 Å². The predicted molar refractivity (Wildman–Crippen MR) is 105 cm³/mol. The highest BCUT2D eigenvalue weighted by molar-refractivity contribution is 7.80. The van der Waals surface area contributed by atoms with E-state index in [2.05, 4.69) is 16.0 Å². The number of hydrogen-bond acceptors (Lipinski definition) is 4. The molecule has 0 aliphatic carbocycles. The first kappa shape index (κ1) is 19.7. The van der Waals surface area contributed by atoms with Gasteiger partial charge in [-0.05, 0) is 50.7 Å². The quantitative estimate of drug-likeness (QED) is 0.541. The Hall–Kier alpha value is -2.61. The first-order valence-electron chi connectivity index (χ1n) is 8.44. The molecule has 0 saturated heterocycles. The second kappa shape index (κ2) is 8.66. The number of hydrogen-bond donors (Lipinski definition) is 3. The molecule has 8 heteroatoms. The first-order valence-corrected chi connectivity index (χ1v) is 8.85. The van der Waals surface area contributed by atoms with Crippen LogP contribution in [0.25, 0.3) is 0 Å². The summed E-state index contributed by atoms with van der Waals surface area (Å²) in [5.74, 6) is -0.398. The van der Waals surface area contributed by atoms with Gasteiger partial charge in [0.05, 0.1) is 18.7 Å². The molecule has 0 aromatic heterocycles. The van der Waals surface area contributed by atoms with Gasteiger partial charge in [-0.3, -0.25) is 0 Å². The number of amides is 2. The van der Waals surface area contributed by atoms with Crippen molar-refractivity contribution in [1.82, 2.24) is 15.5 Å². The lowest BCUT2D eigenvalue weighted by Crippen LogP contribution is -2.47. The summed E-state index contributed by atoms with van der Waals surface area (Å²) in [6.45, 7) is 6.88. The van der Waals surface area contributed by atoms with Crippen molar-refractivity contribution >= 4 is 35.0 Å². The van der Waals surface area contributed by atoms with Crippen LogP contribution in [0.2, 0.25) is 0 Å². The third-order valence-corrected chi connectivity index (χ3v) is 4.50. The van der Waals surface area contributed by atoms with Crippen molar-refractivity contribution in [3.8, 4) is 0 Å². The summed E-state index contributed by atoms with van der Waals surface area (Å²) >= 11 is 5.43. The molecule has 0 spiro atoms. The van der Waals surface area contributed by atoms with Crippen LogP contribution in [0.4, 0.5) is 10.5 Å². The minimum atomic E-state index is -0.406. The minimum absolute atomic E-state index is 0.262. The Bertz CT molecular complexity index is 730. The minimum Gasteiger partial charge on any atom is -0.466 e. The fourth-order valence-corrected chi connectivity index (χ4v) is 3.27. The summed E-state index contributed by atoms with van der Waals surface area (Å²) < 4.78 is 4.97. The Balaban J connectivity index is 2.33. The van der Waals surface area contributed by atoms with E-state index >= 15 is 0 Å². The van der Waals surface area contributed by atoms with Gasteiger partial charge in [-0.15, -0.1) is 0 Å². The van der Waals surface area contributed by atoms with E-state index in [1.165, 1.54) is 7.11 Å². The van der Waals surface area contributed by atoms with Crippen LogP contribution in [0.5, 0.6) is 0 Å². The SMILES string of the molecule is CCNC(=O)Nc1ccc([C@H]2NC(=S)N(CC)C(C)=C2C(=O)OC)cc1. The number of anilines is 1. The van der Waals surface area contributed by atoms with Crippen LogP contribution in [-0.2, 0) is 9.53 Å². The highest BCUT2D eigenvalue weighted by atomic mass is 32.1. The number of methoxy groups -OCH3 is 1. The van der Waals surface area contributed by atoms with Gasteiger partial charge in [0.25, 0.3) is 0 Å². The van der Waals surface area contributed by atoms with E-state index < -0.39 is 12.0 Å². The average molecular weight is 376 g/mol. The molecule has 1 heterocycles. The highest BCUT2D eigenvalue weighted by Crippen LogP contribution is 2.31. The van der Waals surface area contributed by atoms with Crippen LogP contribution in [-0.4, -0.2) is 42.2 Å². The largest absolute Gasteiger partial charge is 0.466 e. The van der Waals surface area contributed by atoms with Gasteiger partial charge in [0.15, 0.2) is 5.11 Å². The van der Waals surface area contributed by atoms with Crippen molar-refractivity contribution in [2.24, 2.45) is 0 Å². The van der Waals surface area contributed by atoms with Crippen molar-refractivity contribution in [1.29, 1.82) is 0 Å². The maximum Gasteiger partial charge on any atom is 0.337 e. The molecule has 0 saturated carbocycles. The first-order chi connectivity index (χ1) is 12.4. The zero-order valence-corrected chi connectivity index (χ0v) is 16.2. The second-order valence-electron chi connectivity index (χ2n) is 5.72. The van der Waals surface area contributed by atoms with Crippen LogP contribution in [0.1, 0.15) is 32.4 Å². The summed E-state index contributed by atoms with van der Waals surface area (Å²) in [4.78, 5) is 25.8. The van der Waals surface area contributed by atoms with Crippen molar-refractivity contribution in [3.63, 3.8) is 0 Å². The third-order valence-electron chi connectivity index (χ3n) is 4.16. The van der Waals surface area contributed by atoms with E-state index in [1.54, 1.807) is 12.1 Å². The predicted octanol–water partition coefficient (Wildman–Crippen LogP) is 2.53. The molecule has 2 rings (SSSR count). The number of thiocarbonyl (C=S) groups is 1. The Labute approximate surface area is 158 Å². The maximum atomic E-state index is 12.4. The van der Waals surface area contributed by atoms with Gasteiger partial charge >= 0.3 is 12.0 Å². The van der Waals surface area contributed by atoms with Crippen LogP contribution >= 0.6 is 12.2 Å². The second-order valence-corrected chi connectivity index (χ2v) is 6.11. The number of rotatable bonds is 5. The molecular formula is C18H24N4O3S. The molecule has 26 heavy (non-hydrogen) atoms. The molecule has 3 N–H and O–H groups in total. The van der Waals surface area contributed by atoms with Gasteiger partial charge in [-0.1, -0.05) is 12.1 Å². The van der Waals surface area contributed by atoms with Crippen LogP contribution in [0.3, 0.4) is 0 Å². The Morgan fingerprint density at radius 3 is 2.46 bits per heavy atom. The Morgan fingerprint density at radius 2 is 1.92 bits per heavy atom. The molecule has 0 fully saturated rings. The lowest BCUT2D eigenvalue weighted by Gasteiger charge is -2.36. The van der Waals surface area contributed by atoms with Crippen molar-refractivity contribution in [3.05, 3.63) is 41.1 Å². The molecule has 140 valence electrons. The lowest BCUT2D eigenvalue weighted by molar-refractivity contribution is -0.136. The van der Waals surface area contributed by atoms with Gasteiger partial charge < -0.3 is 25.6 Å². The average Bonchev–Trinajstić information content (AvgIpc) is 2.62. The molecule has 0 bridgehead atoms. The van der Waals surface area contributed by atoms with E-state index in [9.17, 15) is 9.59 Å². The zero-order valence-electron chi connectivity index (χ0n) is 15.4. The van der Waals surface area contributed by atoms with E-state index in [0.717, 1.165) is 11.3 Å². The number of esters is 1. The van der Waals surface area contributed by atoms with E-state index in [0.29, 0.717) is 29.5 Å². The molecule has 0 radical (unpaired) electrons. The molecule has 1 aromatic rings. The van der Waals surface area contributed by atoms with Gasteiger partial charge in [0, 0.05) is 24.5 Å². The summed E-state index contributed by atoms with van der Waals surface area (Å²) in [7, 11) is 1.36. The number of benzene rings is 1. The Morgan fingerprint density at radius 1 is 1.27 bits per heavy atom.